The maximum absolute atomic E-state index is 12.3. The second kappa shape index (κ2) is 6.80. The lowest BCUT2D eigenvalue weighted by molar-refractivity contribution is -0.900. The second-order valence-corrected chi connectivity index (χ2v) is 6.77. The fourth-order valence-electron chi connectivity index (χ4n) is 3.70. The number of hydrogen-bond acceptors (Lipinski definition) is 2. The minimum absolute atomic E-state index is 0.292. The molecule has 1 aromatic carbocycles. The van der Waals surface area contributed by atoms with Crippen LogP contribution in [0.3, 0.4) is 0 Å². The summed E-state index contributed by atoms with van der Waals surface area (Å²) in [6.45, 7) is 4.18. The maximum Gasteiger partial charge on any atom is 0.277 e. The molecule has 1 aromatic rings. The summed E-state index contributed by atoms with van der Waals surface area (Å²) < 4.78 is 0. The summed E-state index contributed by atoms with van der Waals surface area (Å²) in [5, 5.41) is 10.8. The van der Waals surface area contributed by atoms with E-state index in [1.807, 2.05) is 35.2 Å². The summed E-state index contributed by atoms with van der Waals surface area (Å²) in [7, 11) is 0. The van der Waals surface area contributed by atoms with Gasteiger partial charge in [-0.3, -0.25) is 4.79 Å². The number of nitrogens with zero attached hydrogens (tertiary/aromatic N) is 1. The van der Waals surface area contributed by atoms with Crippen LogP contribution in [0.15, 0.2) is 30.3 Å². The van der Waals surface area contributed by atoms with Gasteiger partial charge in [0.1, 0.15) is 5.60 Å². The highest BCUT2D eigenvalue weighted by atomic mass is 16.3. The van der Waals surface area contributed by atoms with Crippen molar-refractivity contribution in [1.82, 2.24) is 4.90 Å². The Kier molecular flexibility index (Phi) is 4.79. The van der Waals surface area contributed by atoms with Gasteiger partial charge in [-0.2, -0.15) is 0 Å². The first kappa shape index (κ1) is 15.5. The molecule has 22 heavy (non-hydrogen) atoms. The number of nitrogens with one attached hydrogen (secondary N) is 1. The van der Waals surface area contributed by atoms with Crippen LogP contribution in [-0.4, -0.2) is 48.6 Å². The molecule has 2 aliphatic rings. The molecule has 120 valence electrons. The highest BCUT2D eigenvalue weighted by Gasteiger charge is 2.37. The van der Waals surface area contributed by atoms with E-state index in [9.17, 15) is 9.90 Å². The first-order valence-electron chi connectivity index (χ1n) is 8.57. The Bertz CT molecular complexity index is 489. The molecule has 0 spiro atoms. The molecule has 2 heterocycles. The van der Waals surface area contributed by atoms with Crippen LogP contribution in [-0.2, 0) is 10.4 Å². The van der Waals surface area contributed by atoms with Crippen LogP contribution in [0.2, 0.25) is 0 Å². The molecule has 2 fully saturated rings. The summed E-state index contributed by atoms with van der Waals surface area (Å²) in [6.07, 6.45) is 5.02. The maximum atomic E-state index is 12.3. The Hall–Kier alpha value is -1.39. The Morgan fingerprint density at radius 1 is 1.09 bits per heavy atom. The van der Waals surface area contributed by atoms with Crippen LogP contribution in [0, 0.1) is 0 Å². The van der Waals surface area contributed by atoms with Gasteiger partial charge in [0.25, 0.3) is 5.91 Å². The van der Waals surface area contributed by atoms with Gasteiger partial charge in [0.05, 0.1) is 13.1 Å². The zero-order valence-corrected chi connectivity index (χ0v) is 13.3. The van der Waals surface area contributed by atoms with Crippen LogP contribution in [0.5, 0.6) is 0 Å². The van der Waals surface area contributed by atoms with E-state index < -0.39 is 5.60 Å². The molecule has 2 saturated heterocycles. The van der Waals surface area contributed by atoms with E-state index in [1.54, 1.807) is 0 Å². The fourth-order valence-corrected chi connectivity index (χ4v) is 3.70. The minimum atomic E-state index is -0.709. The SMILES string of the molecule is O=C(C[NH+]1CCC(O)(c2ccccc2)CC1)N1CCCCC1. The number of amides is 1. The Morgan fingerprint density at radius 3 is 2.36 bits per heavy atom. The van der Waals surface area contributed by atoms with E-state index in [0.717, 1.165) is 57.4 Å². The number of aliphatic hydroxyl groups is 1. The molecule has 0 saturated carbocycles. The van der Waals surface area contributed by atoms with E-state index >= 15 is 0 Å². The third-order valence-electron chi connectivity index (χ3n) is 5.21. The van der Waals surface area contributed by atoms with Gasteiger partial charge in [0.2, 0.25) is 0 Å². The molecule has 2 N–H and O–H groups in total. The smallest absolute Gasteiger partial charge is 0.277 e. The van der Waals surface area contributed by atoms with Crippen molar-refractivity contribution in [2.75, 3.05) is 32.7 Å². The predicted octanol–water partition coefficient (Wildman–Crippen LogP) is 0.565. The van der Waals surface area contributed by atoms with Crippen molar-refractivity contribution in [2.45, 2.75) is 37.7 Å². The van der Waals surface area contributed by atoms with Crippen molar-refractivity contribution < 1.29 is 14.8 Å². The van der Waals surface area contributed by atoms with Crippen LogP contribution in [0.4, 0.5) is 0 Å². The van der Waals surface area contributed by atoms with Crippen LogP contribution < -0.4 is 4.90 Å². The highest BCUT2D eigenvalue weighted by molar-refractivity contribution is 5.77. The molecular formula is C18H27N2O2+. The van der Waals surface area contributed by atoms with E-state index in [1.165, 1.54) is 11.3 Å². The third-order valence-corrected chi connectivity index (χ3v) is 5.21. The van der Waals surface area contributed by atoms with Gasteiger partial charge >= 0.3 is 0 Å². The zero-order valence-electron chi connectivity index (χ0n) is 13.3. The molecule has 0 bridgehead atoms. The summed E-state index contributed by atoms with van der Waals surface area (Å²) in [6, 6.07) is 9.94. The first-order valence-corrected chi connectivity index (χ1v) is 8.57. The molecule has 1 amide bonds. The van der Waals surface area contributed by atoms with Gasteiger partial charge < -0.3 is 14.9 Å². The first-order chi connectivity index (χ1) is 10.7. The molecule has 0 aromatic heterocycles. The van der Waals surface area contributed by atoms with Gasteiger partial charge in [-0.25, -0.2) is 0 Å². The lowest BCUT2D eigenvalue weighted by Crippen LogP contribution is -3.14. The average Bonchev–Trinajstić information content (AvgIpc) is 2.59. The Balaban J connectivity index is 1.52. The molecule has 4 heteroatoms. The van der Waals surface area contributed by atoms with Crippen molar-refractivity contribution in [2.24, 2.45) is 0 Å². The van der Waals surface area contributed by atoms with Gasteiger partial charge in [-0.1, -0.05) is 30.3 Å². The monoisotopic (exact) mass is 303 g/mol. The number of quaternary nitrogens is 1. The second-order valence-electron chi connectivity index (χ2n) is 6.77. The van der Waals surface area contributed by atoms with E-state index in [2.05, 4.69) is 0 Å². The number of hydrogen-bond donors (Lipinski definition) is 2. The molecule has 3 rings (SSSR count). The van der Waals surface area contributed by atoms with Crippen molar-refractivity contribution in [1.29, 1.82) is 0 Å². The lowest BCUT2D eigenvalue weighted by Gasteiger charge is -2.37. The van der Waals surface area contributed by atoms with E-state index in [0.29, 0.717) is 12.5 Å². The molecule has 2 aliphatic heterocycles. The molecule has 0 unspecified atom stereocenters. The zero-order chi connectivity index (χ0) is 15.4. The number of piperidine rings is 2. The molecule has 0 atom stereocenters. The van der Waals surface area contributed by atoms with E-state index in [-0.39, 0.29) is 0 Å². The number of carbonyl (C=O) groups is 1. The largest absolute Gasteiger partial charge is 0.385 e. The number of rotatable bonds is 3. The van der Waals surface area contributed by atoms with Crippen molar-refractivity contribution >= 4 is 5.91 Å². The fraction of sp³-hybridized carbons (Fsp3) is 0.611. The van der Waals surface area contributed by atoms with E-state index in [4.69, 9.17) is 0 Å². The number of benzene rings is 1. The van der Waals surface area contributed by atoms with Crippen LogP contribution in [0.1, 0.15) is 37.7 Å². The number of likely N-dealkylation sites (tertiary alicyclic amines) is 2. The summed E-state index contributed by atoms with van der Waals surface area (Å²) in [5.41, 5.74) is 0.301. The standard InChI is InChI=1S/C18H26N2O2/c21-17(20-11-5-2-6-12-20)15-19-13-9-18(22,10-14-19)16-7-3-1-4-8-16/h1,3-4,7-8,22H,2,5-6,9-15H2/p+1. The molecule has 0 radical (unpaired) electrons. The normalized spacial score (nSPS) is 29.3. The van der Waals surface area contributed by atoms with Gasteiger partial charge in [-0.05, 0) is 24.8 Å². The topological polar surface area (TPSA) is 45.0 Å². The summed E-state index contributed by atoms with van der Waals surface area (Å²) in [4.78, 5) is 15.7. The van der Waals surface area contributed by atoms with Crippen molar-refractivity contribution in [3.05, 3.63) is 35.9 Å². The van der Waals surface area contributed by atoms with Crippen molar-refractivity contribution in [3.63, 3.8) is 0 Å². The van der Waals surface area contributed by atoms with Crippen molar-refractivity contribution in [3.8, 4) is 0 Å². The van der Waals surface area contributed by atoms with Gasteiger partial charge in [-0.15, -0.1) is 0 Å². The Labute approximate surface area is 132 Å². The molecular weight excluding hydrogens is 276 g/mol. The number of carbonyl (C=O) groups excluding carboxylic acids is 1. The highest BCUT2D eigenvalue weighted by Crippen LogP contribution is 2.28. The Morgan fingerprint density at radius 2 is 1.73 bits per heavy atom. The summed E-state index contributed by atoms with van der Waals surface area (Å²) in [5.74, 6) is 0.292. The molecule has 0 aliphatic carbocycles. The summed E-state index contributed by atoms with van der Waals surface area (Å²) >= 11 is 0. The molecule has 4 nitrogen and oxygen atoms in total. The third kappa shape index (κ3) is 3.50. The lowest BCUT2D eigenvalue weighted by atomic mass is 9.84. The minimum Gasteiger partial charge on any atom is -0.385 e. The van der Waals surface area contributed by atoms with Crippen LogP contribution >= 0.6 is 0 Å². The average molecular weight is 303 g/mol. The quantitative estimate of drug-likeness (QED) is 0.857. The van der Waals surface area contributed by atoms with Gasteiger partial charge in [0.15, 0.2) is 6.54 Å². The predicted molar refractivity (Wildman–Crippen MR) is 85.6 cm³/mol. The van der Waals surface area contributed by atoms with Gasteiger partial charge in [0, 0.05) is 25.9 Å². The van der Waals surface area contributed by atoms with Crippen LogP contribution in [0.25, 0.3) is 0 Å².